The number of nitrogens with one attached hydrogen (secondary N) is 1. The van der Waals surface area contributed by atoms with Crippen LogP contribution in [0.4, 0.5) is 13.2 Å². The fourth-order valence-corrected chi connectivity index (χ4v) is 1.90. The minimum Gasteiger partial charge on any atom is -0.468 e. The van der Waals surface area contributed by atoms with E-state index in [1.165, 1.54) is 19.2 Å². The summed E-state index contributed by atoms with van der Waals surface area (Å²) in [5.41, 5.74) is 0.0678. The molecule has 1 aromatic carbocycles. The summed E-state index contributed by atoms with van der Waals surface area (Å²) in [6, 6.07) is 4.49. The van der Waals surface area contributed by atoms with Gasteiger partial charge in [0.05, 0.1) is 12.7 Å². The van der Waals surface area contributed by atoms with Crippen LogP contribution in [0.3, 0.4) is 0 Å². The lowest BCUT2D eigenvalue weighted by atomic mass is 9.90. The fraction of sp³-hybridized carbons (Fsp3) is 0.417. The Kier molecular flexibility index (Phi) is 3.30. The summed E-state index contributed by atoms with van der Waals surface area (Å²) in [7, 11) is 1.30. The first kappa shape index (κ1) is 12.9. The molecular weight excluding hydrogens is 247 g/mol. The average molecular weight is 259 g/mol. The standard InChI is InChI=1S/C12H12F3NO2/c1-18-11(17)10-6-9(16-10)7-2-4-8(5-3-7)12(13,14)15/h2-5,9-10,16H,6H2,1H3. The fourth-order valence-electron chi connectivity index (χ4n) is 1.90. The minimum atomic E-state index is -4.32. The van der Waals surface area contributed by atoms with Crippen LogP contribution in [-0.4, -0.2) is 19.1 Å². The van der Waals surface area contributed by atoms with E-state index < -0.39 is 11.7 Å². The summed E-state index contributed by atoms with van der Waals surface area (Å²) >= 11 is 0. The molecule has 2 rings (SSSR count). The number of methoxy groups -OCH3 is 1. The van der Waals surface area contributed by atoms with E-state index in [1.54, 1.807) is 0 Å². The van der Waals surface area contributed by atoms with Crippen molar-refractivity contribution in [1.82, 2.24) is 5.32 Å². The third-order valence-corrected chi connectivity index (χ3v) is 3.00. The molecule has 0 radical (unpaired) electrons. The van der Waals surface area contributed by atoms with Gasteiger partial charge in [0.2, 0.25) is 0 Å². The number of carbonyl (C=O) groups is 1. The molecule has 1 aliphatic heterocycles. The van der Waals surface area contributed by atoms with Crippen LogP contribution in [0.2, 0.25) is 0 Å². The van der Waals surface area contributed by atoms with Crippen LogP contribution >= 0.6 is 0 Å². The third-order valence-electron chi connectivity index (χ3n) is 3.00. The van der Waals surface area contributed by atoms with Crippen LogP contribution in [0.15, 0.2) is 24.3 Å². The normalized spacial score (nSPS) is 23.3. The van der Waals surface area contributed by atoms with E-state index in [2.05, 4.69) is 10.1 Å². The molecule has 18 heavy (non-hydrogen) atoms. The Bertz CT molecular complexity index is 436. The molecule has 1 N–H and O–H groups in total. The Morgan fingerprint density at radius 3 is 2.33 bits per heavy atom. The zero-order valence-corrected chi connectivity index (χ0v) is 9.62. The summed E-state index contributed by atoms with van der Waals surface area (Å²) in [6.45, 7) is 0. The highest BCUT2D eigenvalue weighted by molar-refractivity contribution is 5.77. The highest BCUT2D eigenvalue weighted by atomic mass is 19.4. The van der Waals surface area contributed by atoms with Crippen LogP contribution in [-0.2, 0) is 15.7 Å². The van der Waals surface area contributed by atoms with Gasteiger partial charge in [-0.15, -0.1) is 0 Å². The number of halogens is 3. The van der Waals surface area contributed by atoms with E-state index in [-0.39, 0.29) is 18.1 Å². The van der Waals surface area contributed by atoms with Gasteiger partial charge in [-0.05, 0) is 24.1 Å². The van der Waals surface area contributed by atoms with E-state index in [0.717, 1.165) is 17.7 Å². The highest BCUT2D eigenvalue weighted by Gasteiger charge is 2.36. The van der Waals surface area contributed by atoms with Gasteiger partial charge in [0, 0.05) is 6.04 Å². The molecule has 1 heterocycles. The maximum Gasteiger partial charge on any atom is 0.416 e. The Morgan fingerprint density at radius 1 is 1.33 bits per heavy atom. The van der Waals surface area contributed by atoms with Crippen molar-refractivity contribution in [3.8, 4) is 0 Å². The van der Waals surface area contributed by atoms with Crippen LogP contribution in [0, 0.1) is 0 Å². The Labute approximate surface area is 102 Å². The highest BCUT2D eigenvalue weighted by Crippen LogP contribution is 2.32. The van der Waals surface area contributed by atoms with Crippen molar-refractivity contribution in [3.63, 3.8) is 0 Å². The largest absolute Gasteiger partial charge is 0.468 e. The molecule has 0 aromatic heterocycles. The molecule has 1 saturated heterocycles. The van der Waals surface area contributed by atoms with Crippen LogP contribution in [0.1, 0.15) is 23.6 Å². The third kappa shape index (κ3) is 2.48. The van der Waals surface area contributed by atoms with Crippen molar-refractivity contribution >= 4 is 5.97 Å². The molecule has 0 bridgehead atoms. The number of rotatable bonds is 2. The van der Waals surface area contributed by atoms with Crippen molar-refractivity contribution in [1.29, 1.82) is 0 Å². The van der Waals surface area contributed by atoms with E-state index in [4.69, 9.17) is 0 Å². The average Bonchev–Trinajstić information content (AvgIpc) is 2.26. The van der Waals surface area contributed by atoms with E-state index in [1.807, 2.05) is 0 Å². The minimum absolute atomic E-state index is 0.0867. The van der Waals surface area contributed by atoms with E-state index in [9.17, 15) is 18.0 Å². The van der Waals surface area contributed by atoms with Gasteiger partial charge in [-0.3, -0.25) is 10.1 Å². The first-order valence-electron chi connectivity index (χ1n) is 5.43. The lowest BCUT2D eigenvalue weighted by Gasteiger charge is -2.35. The summed E-state index contributed by atoms with van der Waals surface area (Å²) in [6.07, 6.45) is -3.78. The van der Waals surface area contributed by atoms with Crippen LogP contribution in [0.25, 0.3) is 0 Å². The Morgan fingerprint density at radius 2 is 1.89 bits per heavy atom. The number of benzene rings is 1. The number of alkyl halides is 3. The second kappa shape index (κ2) is 4.61. The maximum atomic E-state index is 12.4. The zero-order chi connectivity index (χ0) is 13.3. The predicted molar refractivity (Wildman–Crippen MR) is 57.7 cm³/mol. The topological polar surface area (TPSA) is 38.3 Å². The second-order valence-electron chi connectivity index (χ2n) is 4.15. The second-order valence-corrected chi connectivity index (χ2v) is 4.15. The van der Waals surface area contributed by atoms with Gasteiger partial charge in [0.15, 0.2) is 0 Å². The summed E-state index contributed by atoms with van der Waals surface area (Å²) < 4.78 is 41.6. The first-order chi connectivity index (χ1) is 8.41. The molecule has 1 aromatic rings. The molecular formula is C12H12F3NO2. The monoisotopic (exact) mass is 259 g/mol. The number of hydrogen-bond donors (Lipinski definition) is 1. The molecule has 0 aliphatic carbocycles. The SMILES string of the molecule is COC(=O)C1CC(c2ccc(C(F)(F)F)cc2)N1. The molecule has 1 aliphatic rings. The molecule has 2 atom stereocenters. The van der Waals surface area contributed by atoms with Gasteiger partial charge < -0.3 is 4.74 Å². The summed E-state index contributed by atoms with van der Waals surface area (Å²) in [5, 5.41) is 2.95. The van der Waals surface area contributed by atoms with E-state index in [0.29, 0.717) is 6.42 Å². The van der Waals surface area contributed by atoms with Crippen molar-refractivity contribution < 1.29 is 22.7 Å². The van der Waals surface area contributed by atoms with Crippen molar-refractivity contribution in [2.75, 3.05) is 7.11 Å². The quantitative estimate of drug-likeness (QED) is 0.828. The lowest BCUT2D eigenvalue weighted by molar-refractivity contribution is -0.146. The molecule has 1 fully saturated rings. The van der Waals surface area contributed by atoms with Gasteiger partial charge in [-0.25, -0.2) is 0 Å². The number of carbonyl (C=O) groups excluding carboxylic acids is 1. The molecule has 2 unspecified atom stereocenters. The van der Waals surface area contributed by atoms with E-state index >= 15 is 0 Å². The summed E-state index contributed by atoms with van der Waals surface area (Å²) in [5.74, 6) is -0.349. The Hall–Kier alpha value is -1.56. The van der Waals surface area contributed by atoms with Gasteiger partial charge in [0.25, 0.3) is 0 Å². The van der Waals surface area contributed by atoms with Crippen LogP contribution < -0.4 is 5.32 Å². The molecule has 0 saturated carbocycles. The van der Waals surface area contributed by atoms with Crippen molar-refractivity contribution in [2.45, 2.75) is 24.7 Å². The first-order valence-corrected chi connectivity index (χ1v) is 5.43. The van der Waals surface area contributed by atoms with Gasteiger partial charge in [0.1, 0.15) is 6.04 Å². The smallest absolute Gasteiger partial charge is 0.416 e. The van der Waals surface area contributed by atoms with Crippen molar-refractivity contribution in [3.05, 3.63) is 35.4 Å². The number of hydrogen-bond acceptors (Lipinski definition) is 3. The predicted octanol–water partition coefficient (Wildman–Crippen LogP) is 2.28. The molecule has 98 valence electrons. The molecule has 0 spiro atoms. The van der Waals surface area contributed by atoms with Crippen LogP contribution in [0.5, 0.6) is 0 Å². The Balaban J connectivity index is 1.99. The van der Waals surface area contributed by atoms with Crippen molar-refractivity contribution in [2.24, 2.45) is 0 Å². The number of esters is 1. The van der Waals surface area contributed by atoms with Gasteiger partial charge >= 0.3 is 12.1 Å². The van der Waals surface area contributed by atoms with Gasteiger partial charge in [-0.1, -0.05) is 12.1 Å². The maximum absolute atomic E-state index is 12.4. The van der Waals surface area contributed by atoms with Gasteiger partial charge in [-0.2, -0.15) is 13.2 Å². The molecule has 6 heteroatoms. The lowest BCUT2D eigenvalue weighted by Crippen LogP contribution is -2.51. The summed E-state index contributed by atoms with van der Waals surface area (Å²) in [4.78, 5) is 11.1. The molecule has 0 amide bonds. The number of ether oxygens (including phenoxy) is 1. The molecule has 3 nitrogen and oxygen atoms in total. The zero-order valence-electron chi connectivity index (χ0n) is 9.62.